The summed E-state index contributed by atoms with van der Waals surface area (Å²) < 4.78 is 20.8. The first-order chi connectivity index (χ1) is 12.5. The number of benzene rings is 1. The highest BCUT2D eigenvalue weighted by Gasteiger charge is 2.16. The number of carbonyl (C=O) groups is 1. The molecule has 6 nitrogen and oxygen atoms in total. The van der Waals surface area contributed by atoms with Crippen molar-refractivity contribution in [2.24, 2.45) is 0 Å². The summed E-state index contributed by atoms with van der Waals surface area (Å²) in [6.07, 6.45) is 2.65. The van der Waals surface area contributed by atoms with Gasteiger partial charge in [0.1, 0.15) is 18.1 Å². The average molecular weight is 421 g/mol. The van der Waals surface area contributed by atoms with Crippen molar-refractivity contribution in [3.8, 4) is 23.0 Å². The van der Waals surface area contributed by atoms with Gasteiger partial charge in [0.2, 0.25) is 11.7 Å². The van der Waals surface area contributed by atoms with Crippen molar-refractivity contribution in [3.63, 3.8) is 0 Å². The molecule has 1 amide bonds. The molecule has 0 unspecified atom stereocenters. The molecule has 0 aliphatic rings. The number of aromatic nitrogens is 3. The van der Waals surface area contributed by atoms with E-state index in [1.807, 2.05) is 19.9 Å². The second-order valence-corrected chi connectivity index (χ2v) is 6.80. The van der Waals surface area contributed by atoms with Crippen LogP contribution in [0.25, 0.3) is 23.0 Å². The quantitative estimate of drug-likeness (QED) is 0.653. The molecule has 0 saturated heterocycles. The Morgan fingerprint density at radius 2 is 2.23 bits per heavy atom. The van der Waals surface area contributed by atoms with Gasteiger partial charge in [-0.05, 0) is 59.6 Å². The van der Waals surface area contributed by atoms with E-state index in [4.69, 9.17) is 4.52 Å². The van der Waals surface area contributed by atoms with E-state index in [1.54, 1.807) is 29.0 Å². The molecule has 3 rings (SSSR count). The van der Waals surface area contributed by atoms with E-state index in [0.29, 0.717) is 27.4 Å². The maximum Gasteiger partial charge on any atom is 0.274 e. The van der Waals surface area contributed by atoms with Crippen LogP contribution in [-0.2, 0) is 11.3 Å². The fourth-order valence-corrected chi connectivity index (χ4v) is 2.78. The highest BCUT2D eigenvalue weighted by molar-refractivity contribution is 9.10. The van der Waals surface area contributed by atoms with Crippen LogP contribution in [0.3, 0.4) is 0 Å². The van der Waals surface area contributed by atoms with Crippen molar-refractivity contribution >= 4 is 21.8 Å². The third-order valence-corrected chi connectivity index (χ3v) is 4.59. The van der Waals surface area contributed by atoms with Gasteiger partial charge in [0, 0.05) is 17.8 Å². The van der Waals surface area contributed by atoms with Crippen molar-refractivity contribution in [1.29, 1.82) is 0 Å². The van der Waals surface area contributed by atoms with Gasteiger partial charge in [-0.1, -0.05) is 12.1 Å². The number of nitrogens with one attached hydrogen (secondary N) is 1. The Balaban J connectivity index is 1.81. The molecule has 0 aliphatic heterocycles. The zero-order valence-corrected chi connectivity index (χ0v) is 16.0. The smallest absolute Gasteiger partial charge is 0.274 e. The number of hydrogen-bond donors (Lipinski definition) is 1. The maximum absolute atomic E-state index is 13.4. The first-order valence-electron chi connectivity index (χ1n) is 8.22. The average Bonchev–Trinajstić information content (AvgIpc) is 3.26. The van der Waals surface area contributed by atoms with Gasteiger partial charge in [0.25, 0.3) is 5.89 Å². The minimum atomic E-state index is -0.362. The highest BCUT2D eigenvalue weighted by Crippen LogP contribution is 2.26. The summed E-state index contributed by atoms with van der Waals surface area (Å²) in [6.45, 7) is 4.13. The van der Waals surface area contributed by atoms with Gasteiger partial charge in [-0.25, -0.2) is 4.39 Å². The van der Waals surface area contributed by atoms with Crippen LogP contribution in [0.2, 0.25) is 0 Å². The lowest BCUT2D eigenvalue weighted by Gasteiger charge is -2.12. The van der Waals surface area contributed by atoms with Gasteiger partial charge in [-0.3, -0.25) is 4.79 Å². The Kier molecular flexibility index (Phi) is 5.51. The lowest BCUT2D eigenvalue weighted by atomic mass is 10.2. The Labute approximate surface area is 158 Å². The van der Waals surface area contributed by atoms with Gasteiger partial charge in [-0.15, -0.1) is 0 Å². The van der Waals surface area contributed by atoms with Crippen molar-refractivity contribution in [2.75, 3.05) is 0 Å². The van der Waals surface area contributed by atoms with Crippen LogP contribution < -0.4 is 5.32 Å². The topological polar surface area (TPSA) is 73.0 Å². The second kappa shape index (κ2) is 7.82. The molecule has 8 heteroatoms. The first-order valence-corrected chi connectivity index (χ1v) is 9.01. The Hall–Kier alpha value is -2.48. The summed E-state index contributed by atoms with van der Waals surface area (Å²) in [4.78, 5) is 16.5. The predicted molar refractivity (Wildman–Crippen MR) is 98.7 cm³/mol. The Morgan fingerprint density at radius 3 is 2.96 bits per heavy atom. The van der Waals surface area contributed by atoms with Gasteiger partial charge in [0.05, 0.1) is 4.47 Å². The molecule has 0 saturated carbocycles. The molecule has 2 heterocycles. The Morgan fingerprint density at radius 1 is 1.42 bits per heavy atom. The van der Waals surface area contributed by atoms with Crippen LogP contribution in [0.4, 0.5) is 4.39 Å². The molecule has 0 spiro atoms. The summed E-state index contributed by atoms with van der Waals surface area (Å²) in [5.41, 5.74) is 1.27. The number of carbonyl (C=O) groups excluding carboxylic acids is 1. The molecule has 0 bridgehead atoms. The zero-order chi connectivity index (χ0) is 18.7. The largest absolute Gasteiger partial charge is 0.352 e. The van der Waals surface area contributed by atoms with Crippen LogP contribution in [-0.4, -0.2) is 26.7 Å². The minimum Gasteiger partial charge on any atom is -0.352 e. The SMILES string of the molecule is CC[C@H](C)NC(=O)Cn1cccc1-c1nc(-c2ccc(F)c(Br)c2)no1. The van der Waals surface area contributed by atoms with E-state index in [0.717, 1.165) is 6.42 Å². The fourth-order valence-electron chi connectivity index (χ4n) is 2.40. The number of rotatable bonds is 6. The van der Waals surface area contributed by atoms with E-state index < -0.39 is 0 Å². The van der Waals surface area contributed by atoms with Crippen molar-refractivity contribution < 1.29 is 13.7 Å². The van der Waals surface area contributed by atoms with Crippen LogP contribution in [0.5, 0.6) is 0 Å². The van der Waals surface area contributed by atoms with Gasteiger partial charge in [0.15, 0.2) is 0 Å². The van der Waals surface area contributed by atoms with E-state index in [2.05, 4.69) is 31.4 Å². The first kappa shape index (κ1) is 18.3. The van der Waals surface area contributed by atoms with E-state index in [-0.39, 0.29) is 24.3 Å². The molecule has 2 aromatic heterocycles. The summed E-state index contributed by atoms with van der Waals surface area (Å²) in [7, 11) is 0. The van der Waals surface area contributed by atoms with E-state index in [9.17, 15) is 9.18 Å². The number of halogens is 2. The molecule has 3 aromatic rings. The normalized spacial score (nSPS) is 12.2. The predicted octanol–water partition coefficient (Wildman–Crippen LogP) is 4.02. The zero-order valence-electron chi connectivity index (χ0n) is 14.4. The lowest BCUT2D eigenvalue weighted by Crippen LogP contribution is -2.34. The summed E-state index contributed by atoms with van der Waals surface area (Å²) >= 11 is 3.14. The van der Waals surface area contributed by atoms with Crippen LogP contribution >= 0.6 is 15.9 Å². The summed E-state index contributed by atoms with van der Waals surface area (Å²) in [5.74, 6) is 0.192. The molecule has 1 aromatic carbocycles. The summed E-state index contributed by atoms with van der Waals surface area (Å²) in [6, 6.07) is 8.22. The van der Waals surface area contributed by atoms with Crippen LogP contribution in [0.15, 0.2) is 45.5 Å². The molecular weight excluding hydrogens is 403 g/mol. The standard InChI is InChI=1S/C18H18BrFN4O2/c1-3-11(2)21-16(25)10-24-8-4-5-15(24)18-22-17(23-26-18)12-6-7-14(20)13(19)9-12/h4-9,11H,3,10H2,1-2H3,(H,21,25)/t11-/m0/s1. The molecule has 0 radical (unpaired) electrons. The molecule has 136 valence electrons. The molecule has 1 N–H and O–H groups in total. The van der Waals surface area contributed by atoms with Crippen LogP contribution in [0, 0.1) is 5.82 Å². The molecule has 0 aliphatic carbocycles. The van der Waals surface area contributed by atoms with Crippen molar-refractivity contribution in [2.45, 2.75) is 32.9 Å². The maximum atomic E-state index is 13.4. The van der Waals surface area contributed by atoms with E-state index in [1.165, 1.54) is 6.07 Å². The third-order valence-electron chi connectivity index (χ3n) is 3.99. The van der Waals surface area contributed by atoms with Gasteiger partial charge >= 0.3 is 0 Å². The van der Waals surface area contributed by atoms with Gasteiger partial charge in [-0.2, -0.15) is 4.98 Å². The third kappa shape index (κ3) is 4.01. The van der Waals surface area contributed by atoms with Crippen LogP contribution in [0.1, 0.15) is 20.3 Å². The highest BCUT2D eigenvalue weighted by atomic mass is 79.9. The molecule has 0 fully saturated rings. The van der Waals surface area contributed by atoms with Crippen molar-refractivity contribution in [1.82, 2.24) is 20.0 Å². The Bertz CT molecular complexity index is 922. The summed E-state index contributed by atoms with van der Waals surface area (Å²) in [5, 5.41) is 6.87. The molecule has 26 heavy (non-hydrogen) atoms. The fraction of sp³-hybridized carbons (Fsp3) is 0.278. The lowest BCUT2D eigenvalue weighted by molar-refractivity contribution is -0.122. The molecular formula is C18H18BrFN4O2. The van der Waals surface area contributed by atoms with E-state index >= 15 is 0 Å². The monoisotopic (exact) mass is 420 g/mol. The number of nitrogens with zero attached hydrogens (tertiary/aromatic N) is 3. The number of hydrogen-bond acceptors (Lipinski definition) is 4. The van der Waals surface area contributed by atoms with Gasteiger partial charge < -0.3 is 14.4 Å². The second-order valence-electron chi connectivity index (χ2n) is 5.95. The van der Waals surface area contributed by atoms with Crippen molar-refractivity contribution in [3.05, 3.63) is 46.8 Å². The molecule has 1 atom stereocenters. The minimum absolute atomic E-state index is 0.0843. The number of amides is 1.